The summed E-state index contributed by atoms with van der Waals surface area (Å²) in [4.78, 5) is 15.7. The second kappa shape index (κ2) is 6.77. The molecular formula is C16H21ClN2OS. The quantitative estimate of drug-likeness (QED) is 0.746. The van der Waals surface area contributed by atoms with Crippen LogP contribution in [0.3, 0.4) is 0 Å². The van der Waals surface area contributed by atoms with E-state index in [1.165, 1.54) is 4.88 Å². The molecule has 0 atom stereocenters. The number of thiophene rings is 1. The van der Waals surface area contributed by atoms with E-state index in [9.17, 15) is 4.79 Å². The smallest absolute Gasteiger partial charge is 0.178 e. The SMILES string of the molecule is CCn1c(C)cc(C(=O)CN(C)Cc2ccc(Cl)s2)c1C. The minimum Gasteiger partial charge on any atom is -0.349 e. The van der Waals surface area contributed by atoms with Crippen LogP contribution in [-0.4, -0.2) is 28.8 Å². The van der Waals surface area contributed by atoms with Crippen LogP contribution in [0.15, 0.2) is 18.2 Å². The first-order chi connectivity index (χ1) is 9.92. The second-order valence-corrected chi connectivity index (χ2v) is 7.13. The van der Waals surface area contributed by atoms with Gasteiger partial charge in [0.05, 0.1) is 10.9 Å². The molecular weight excluding hydrogens is 304 g/mol. The summed E-state index contributed by atoms with van der Waals surface area (Å²) in [6, 6.07) is 5.90. The average Bonchev–Trinajstić information content (AvgIpc) is 2.93. The van der Waals surface area contributed by atoms with Crippen molar-refractivity contribution in [2.75, 3.05) is 13.6 Å². The van der Waals surface area contributed by atoms with Crippen LogP contribution in [0.2, 0.25) is 4.34 Å². The Kier molecular flexibility index (Phi) is 5.25. The fraction of sp³-hybridized carbons (Fsp3) is 0.438. The third kappa shape index (κ3) is 3.76. The monoisotopic (exact) mass is 324 g/mol. The van der Waals surface area contributed by atoms with Gasteiger partial charge in [-0.2, -0.15) is 0 Å². The van der Waals surface area contributed by atoms with Crippen LogP contribution < -0.4 is 0 Å². The highest BCUT2D eigenvalue weighted by molar-refractivity contribution is 7.16. The van der Waals surface area contributed by atoms with Crippen LogP contribution >= 0.6 is 22.9 Å². The minimum atomic E-state index is 0.174. The van der Waals surface area contributed by atoms with Gasteiger partial charge in [-0.3, -0.25) is 9.69 Å². The number of ketones is 1. The lowest BCUT2D eigenvalue weighted by Gasteiger charge is -2.14. The van der Waals surface area contributed by atoms with Crippen LogP contribution in [-0.2, 0) is 13.1 Å². The molecule has 0 aliphatic carbocycles. The van der Waals surface area contributed by atoms with Crippen LogP contribution in [0.1, 0.15) is 33.5 Å². The van der Waals surface area contributed by atoms with Crippen molar-refractivity contribution in [2.24, 2.45) is 0 Å². The molecule has 0 aliphatic heterocycles. The summed E-state index contributed by atoms with van der Waals surface area (Å²) < 4.78 is 2.96. The fourth-order valence-corrected chi connectivity index (χ4v) is 3.83. The Hall–Kier alpha value is -1.10. The van der Waals surface area contributed by atoms with E-state index < -0.39 is 0 Å². The van der Waals surface area contributed by atoms with Crippen molar-refractivity contribution < 1.29 is 4.79 Å². The van der Waals surface area contributed by atoms with E-state index in [1.54, 1.807) is 11.3 Å². The predicted molar refractivity (Wildman–Crippen MR) is 89.6 cm³/mol. The summed E-state index contributed by atoms with van der Waals surface area (Å²) in [5.74, 6) is 0.174. The summed E-state index contributed by atoms with van der Waals surface area (Å²) in [7, 11) is 1.96. The maximum Gasteiger partial charge on any atom is 0.178 e. The van der Waals surface area contributed by atoms with E-state index in [2.05, 4.69) is 11.5 Å². The Morgan fingerprint density at radius 1 is 1.38 bits per heavy atom. The van der Waals surface area contributed by atoms with Gasteiger partial charge in [0, 0.05) is 34.9 Å². The number of aromatic nitrogens is 1. The van der Waals surface area contributed by atoms with Crippen LogP contribution in [0.4, 0.5) is 0 Å². The van der Waals surface area contributed by atoms with Gasteiger partial charge in [-0.1, -0.05) is 11.6 Å². The molecule has 2 rings (SSSR count). The van der Waals surface area contributed by atoms with Crippen LogP contribution in [0.5, 0.6) is 0 Å². The van der Waals surface area contributed by atoms with E-state index in [4.69, 9.17) is 11.6 Å². The third-order valence-corrected chi connectivity index (χ3v) is 4.87. The minimum absolute atomic E-state index is 0.174. The number of carbonyl (C=O) groups is 1. The number of hydrogen-bond acceptors (Lipinski definition) is 3. The molecule has 0 amide bonds. The highest BCUT2D eigenvalue weighted by atomic mass is 35.5. The van der Waals surface area contributed by atoms with Crippen molar-refractivity contribution in [3.8, 4) is 0 Å². The number of rotatable bonds is 6. The predicted octanol–water partition coefficient (Wildman–Crippen LogP) is 4.15. The number of halogens is 1. The molecule has 0 fully saturated rings. The molecule has 0 bridgehead atoms. The third-order valence-electron chi connectivity index (χ3n) is 3.66. The van der Waals surface area contributed by atoms with Gasteiger partial charge >= 0.3 is 0 Å². The fourth-order valence-electron chi connectivity index (χ4n) is 2.66. The van der Waals surface area contributed by atoms with Gasteiger partial charge in [0.15, 0.2) is 5.78 Å². The zero-order chi connectivity index (χ0) is 15.6. The summed E-state index contributed by atoms with van der Waals surface area (Å²) >= 11 is 7.49. The molecule has 0 unspecified atom stereocenters. The highest BCUT2D eigenvalue weighted by Crippen LogP contribution is 2.22. The van der Waals surface area contributed by atoms with Gasteiger partial charge in [-0.15, -0.1) is 11.3 Å². The molecule has 0 radical (unpaired) electrons. The molecule has 0 aromatic carbocycles. The number of likely N-dealkylation sites (N-methyl/N-ethyl adjacent to an activating group) is 1. The zero-order valence-electron chi connectivity index (χ0n) is 12.9. The van der Waals surface area contributed by atoms with Crippen LogP contribution in [0, 0.1) is 13.8 Å². The topological polar surface area (TPSA) is 25.2 Å². The van der Waals surface area contributed by atoms with Gasteiger partial charge < -0.3 is 4.57 Å². The Balaban J connectivity index is 2.04. The van der Waals surface area contributed by atoms with Crippen LogP contribution in [0.25, 0.3) is 0 Å². The van der Waals surface area contributed by atoms with Gasteiger partial charge in [-0.05, 0) is 46.0 Å². The first-order valence-electron chi connectivity index (χ1n) is 7.05. The summed E-state index contributed by atoms with van der Waals surface area (Å²) in [5, 5.41) is 0. The summed E-state index contributed by atoms with van der Waals surface area (Å²) in [5.41, 5.74) is 3.05. The van der Waals surface area contributed by atoms with Gasteiger partial charge in [0.2, 0.25) is 0 Å². The Bertz CT molecular complexity index is 645. The van der Waals surface area contributed by atoms with Gasteiger partial charge in [0.25, 0.3) is 0 Å². The molecule has 114 valence electrons. The normalized spacial score (nSPS) is 11.3. The average molecular weight is 325 g/mol. The van der Waals surface area contributed by atoms with Crippen molar-refractivity contribution in [3.05, 3.63) is 44.4 Å². The van der Waals surface area contributed by atoms with Crippen molar-refractivity contribution >= 4 is 28.7 Å². The number of hydrogen-bond donors (Lipinski definition) is 0. The maximum atomic E-state index is 12.5. The molecule has 0 aliphatic rings. The molecule has 2 aromatic heterocycles. The molecule has 3 nitrogen and oxygen atoms in total. The van der Waals surface area contributed by atoms with Gasteiger partial charge in [-0.25, -0.2) is 0 Å². The zero-order valence-corrected chi connectivity index (χ0v) is 14.5. The lowest BCUT2D eigenvalue weighted by atomic mass is 10.1. The van der Waals surface area contributed by atoms with Crippen molar-refractivity contribution in [2.45, 2.75) is 33.9 Å². The molecule has 21 heavy (non-hydrogen) atoms. The molecule has 0 N–H and O–H groups in total. The van der Waals surface area contributed by atoms with Crippen molar-refractivity contribution in [1.82, 2.24) is 9.47 Å². The van der Waals surface area contributed by atoms with E-state index in [0.29, 0.717) is 6.54 Å². The highest BCUT2D eigenvalue weighted by Gasteiger charge is 2.16. The molecule has 0 saturated carbocycles. The van der Waals surface area contributed by atoms with E-state index in [1.807, 2.05) is 44.0 Å². The van der Waals surface area contributed by atoms with E-state index in [0.717, 1.165) is 34.4 Å². The second-order valence-electron chi connectivity index (χ2n) is 5.33. The van der Waals surface area contributed by atoms with Crippen molar-refractivity contribution in [1.29, 1.82) is 0 Å². The Labute approximate surface area is 135 Å². The summed E-state index contributed by atoms with van der Waals surface area (Å²) in [6.07, 6.45) is 0. The number of Topliss-reactive ketones (excluding diaryl/α,β-unsaturated/α-hetero) is 1. The number of nitrogens with zero attached hydrogens (tertiary/aromatic N) is 2. The largest absolute Gasteiger partial charge is 0.349 e. The molecule has 2 heterocycles. The lowest BCUT2D eigenvalue weighted by Crippen LogP contribution is -2.25. The first-order valence-corrected chi connectivity index (χ1v) is 8.24. The maximum absolute atomic E-state index is 12.5. The molecule has 0 spiro atoms. The van der Waals surface area contributed by atoms with E-state index in [-0.39, 0.29) is 5.78 Å². The Morgan fingerprint density at radius 2 is 2.10 bits per heavy atom. The van der Waals surface area contributed by atoms with E-state index >= 15 is 0 Å². The summed E-state index contributed by atoms with van der Waals surface area (Å²) in [6.45, 7) is 8.22. The van der Waals surface area contributed by atoms with Crippen molar-refractivity contribution in [3.63, 3.8) is 0 Å². The molecule has 5 heteroatoms. The Morgan fingerprint density at radius 3 is 2.62 bits per heavy atom. The lowest BCUT2D eigenvalue weighted by molar-refractivity contribution is 0.0943. The number of aryl methyl sites for hydroxylation is 1. The standard InChI is InChI=1S/C16H21ClN2OS/c1-5-19-11(2)8-14(12(19)3)15(20)10-18(4)9-13-6-7-16(17)21-13/h6-8H,5,9-10H2,1-4H3. The molecule has 0 saturated heterocycles. The van der Waals surface area contributed by atoms with Gasteiger partial charge in [0.1, 0.15) is 0 Å². The molecule has 2 aromatic rings. The first kappa shape index (κ1) is 16.3. The number of carbonyl (C=O) groups excluding carboxylic acids is 1.